The van der Waals surface area contributed by atoms with Crippen molar-refractivity contribution >= 4 is 40.3 Å². The highest BCUT2D eigenvalue weighted by molar-refractivity contribution is 7.98. The molecule has 5 rings (SSSR count). The molecule has 0 bridgehead atoms. The second-order valence-corrected chi connectivity index (χ2v) is 10.9. The van der Waals surface area contributed by atoms with Crippen molar-refractivity contribution in [3.05, 3.63) is 142 Å². The SMILES string of the molecule is O=C(N[C@@H](CSCc1ccccc1)C(=O)Cc1ccc2[nH]cc(C(=O)O)c(=O)c2c1)c1ccc(-c2ccccc2)cc1. The van der Waals surface area contributed by atoms with Crippen LogP contribution < -0.4 is 10.7 Å². The molecular weight excluding hydrogens is 548 g/mol. The van der Waals surface area contributed by atoms with E-state index in [2.05, 4.69) is 10.3 Å². The first-order valence-corrected chi connectivity index (χ1v) is 14.5. The molecule has 0 saturated heterocycles. The molecule has 1 amide bonds. The summed E-state index contributed by atoms with van der Waals surface area (Å²) in [4.78, 5) is 53.7. The number of carbonyl (C=O) groups excluding carboxylic acids is 2. The Morgan fingerprint density at radius 1 is 0.810 bits per heavy atom. The van der Waals surface area contributed by atoms with Gasteiger partial charge in [-0.15, -0.1) is 0 Å². The molecule has 0 aliphatic rings. The molecule has 1 atom stereocenters. The molecule has 4 aromatic carbocycles. The van der Waals surface area contributed by atoms with Gasteiger partial charge in [-0.1, -0.05) is 78.9 Å². The second-order valence-electron chi connectivity index (χ2n) is 9.83. The topological polar surface area (TPSA) is 116 Å². The van der Waals surface area contributed by atoms with Gasteiger partial charge in [0.1, 0.15) is 5.56 Å². The van der Waals surface area contributed by atoms with Crippen LogP contribution in [0, 0.1) is 0 Å². The van der Waals surface area contributed by atoms with Crippen molar-refractivity contribution in [3.8, 4) is 11.1 Å². The van der Waals surface area contributed by atoms with E-state index in [1.165, 1.54) is 12.3 Å². The Hall–Kier alpha value is -4.95. The maximum absolute atomic E-state index is 13.5. The van der Waals surface area contributed by atoms with Gasteiger partial charge in [0.25, 0.3) is 5.91 Å². The van der Waals surface area contributed by atoms with Crippen molar-refractivity contribution in [1.29, 1.82) is 0 Å². The molecule has 0 fully saturated rings. The number of carboxylic acid groups (broad SMARTS) is 1. The molecule has 42 heavy (non-hydrogen) atoms. The maximum atomic E-state index is 13.5. The third-order valence-corrected chi connectivity index (χ3v) is 8.00. The number of hydrogen-bond donors (Lipinski definition) is 3. The Kier molecular flexibility index (Phi) is 8.94. The Balaban J connectivity index is 1.34. The van der Waals surface area contributed by atoms with Crippen molar-refractivity contribution in [2.24, 2.45) is 0 Å². The Morgan fingerprint density at radius 2 is 1.48 bits per heavy atom. The zero-order valence-electron chi connectivity index (χ0n) is 22.6. The first-order chi connectivity index (χ1) is 20.4. The zero-order chi connectivity index (χ0) is 29.5. The Morgan fingerprint density at radius 3 is 2.17 bits per heavy atom. The lowest BCUT2D eigenvalue weighted by Crippen LogP contribution is -2.43. The van der Waals surface area contributed by atoms with Crippen LogP contribution in [0.3, 0.4) is 0 Å². The van der Waals surface area contributed by atoms with Crippen molar-refractivity contribution in [1.82, 2.24) is 10.3 Å². The maximum Gasteiger partial charge on any atom is 0.341 e. The molecule has 0 aliphatic heterocycles. The number of hydrogen-bond acceptors (Lipinski definition) is 5. The van der Waals surface area contributed by atoms with Gasteiger partial charge < -0.3 is 15.4 Å². The number of H-pyrrole nitrogens is 1. The minimum atomic E-state index is -1.32. The summed E-state index contributed by atoms with van der Waals surface area (Å²) in [7, 11) is 0. The van der Waals surface area contributed by atoms with Crippen molar-refractivity contribution in [3.63, 3.8) is 0 Å². The van der Waals surface area contributed by atoms with E-state index in [-0.39, 0.29) is 29.1 Å². The number of amides is 1. The first-order valence-electron chi connectivity index (χ1n) is 13.4. The van der Waals surface area contributed by atoms with Crippen LogP contribution in [-0.2, 0) is 17.0 Å². The number of nitrogens with one attached hydrogen (secondary N) is 2. The van der Waals surface area contributed by atoms with E-state index in [1.54, 1.807) is 36.0 Å². The number of aromatic nitrogens is 1. The van der Waals surface area contributed by atoms with E-state index in [4.69, 9.17) is 0 Å². The Bertz CT molecular complexity index is 1780. The van der Waals surface area contributed by atoms with E-state index < -0.39 is 17.4 Å². The van der Waals surface area contributed by atoms with Gasteiger partial charge >= 0.3 is 5.97 Å². The number of rotatable bonds is 11. The lowest BCUT2D eigenvalue weighted by atomic mass is 10.0. The molecule has 0 unspecified atom stereocenters. The van der Waals surface area contributed by atoms with Crippen molar-refractivity contribution in [2.75, 3.05) is 5.75 Å². The lowest BCUT2D eigenvalue weighted by molar-refractivity contribution is -0.119. The van der Waals surface area contributed by atoms with Crippen LogP contribution in [0.5, 0.6) is 0 Å². The van der Waals surface area contributed by atoms with Gasteiger partial charge in [-0.05, 0) is 46.5 Å². The number of carbonyl (C=O) groups is 3. The van der Waals surface area contributed by atoms with E-state index in [0.717, 1.165) is 16.7 Å². The standard InChI is InChI=1S/C34H28N2O5S/c37-31(18-23-11-16-29-27(17-23)32(38)28(19-35-29)34(40)41)30(21-42-20-22-7-3-1-4-8-22)36-33(39)26-14-12-25(13-15-26)24-9-5-2-6-10-24/h1-17,19,30H,18,20-21H2,(H,35,38)(H,36,39)(H,40,41)/t30-/m0/s1. The summed E-state index contributed by atoms with van der Waals surface area (Å²) in [5.41, 5.74) is 3.62. The predicted molar refractivity (Wildman–Crippen MR) is 166 cm³/mol. The van der Waals surface area contributed by atoms with Crippen molar-refractivity contribution < 1.29 is 19.5 Å². The van der Waals surface area contributed by atoms with E-state index in [0.29, 0.717) is 28.1 Å². The summed E-state index contributed by atoms with van der Waals surface area (Å²) in [6, 6.07) is 31.1. The highest BCUT2D eigenvalue weighted by Crippen LogP contribution is 2.20. The molecule has 0 spiro atoms. The molecule has 0 saturated carbocycles. The van der Waals surface area contributed by atoms with Gasteiger partial charge in [-0.25, -0.2) is 4.79 Å². The highest BCUT2D eigenvalue weighted by Gasteiger charge is 2.22. The zero-order valence-corrected chi connectivity index (χ0v) is 23.4. The first kappa shape index (κ1) is 28.6. The average Bonchev–Trinajstić information content (AvgIpc) is 3.01. The molecule has 7 nitrogen and oxygen atoms in total. The molecule has 0 radical (unpaired) electrons. The molecule has 3 N–H and O–H groups in total. The Labute approximate surface area is 246 Å². The molecule has 8 heteroatoms. The van der Waals surface area contributed by atoms with Crippen LogP contribution in [0.2, 0.25) is 0 Å². The van der Waals surface area contributed by atoms with E-state index in [9.17, 15) is 24.3 Å². The summed E-state index contributed by atoms with van der Waals surface area (Å²) in [5, 5.41) is 12.4. The molecule has 0 aliphatic carbocycles. The number of fused-ring (bicyclic) bond motifs is 1. The molecule has 5 aromatic rings. The predicted octanol–water partition coefficient (Wildman–Crippen LogP) is 5.74. The van der Waals surface area contributed by atoms with E-state index in [1.807, 2.05) is 72.8 Å². The average molecular weight is 577 g/mol. The number of Topliss-reactive ketones (excluding diaryl/α,β-unsaturated/α-hetero) is 1. The monoisotopic (exact) mass is 576 g/mol. The third kappa shape index (κ3) is 6.85. The van der Waals surface area contributed by atoms with Crippen molar-refractivity contribution in [2.45, 2.75) is 18.2 Å². The summed E-state index contributed by atoms with van der Waals surface area (Å²) in [6.45, 7) is 0. The summed E-state index contributed by atoms with van der Waals surface area (Å²) in [6.07, 6.45) is 1.14. The fourth-order valence-electron chi connectivity index (χ4n) is 4.63. The number of aromatic carboxylic acids is 1. The number of ketones is 1. The van der Waals surface area contributed by atoms with Gasteiger partial charge in [0.15, 0.2) is 5.78 Å². The number of benzene rings is 4. The van der Waals surface area contributed by atoms with Crippen LogP contribution in [0.1, 0.15) is 31.8 Å². The minimum absolute atomic E-state index is 0.0313. The quantitative estimate of drug-likeness (QED) is 0.185. The van der Waals surface area contributed by atoms with Gasteiger partial charge in [-0.3, -0.25) is 14.4 Å². The minimum Gasteiger partial charge on any atom is -0.477 e. The van der Waals surface area contributed by atoms with Crippen LogP contribution in [-0.4, -0.2) is 39.5 Å². The molecule has 1 aromatic heterocycles. The van der Waals surface area contributed by atoms with Gasteiger partial charge in [0.2, 0.25) is 5.43 Å². The molecule has 1 heterocycles. The summed E-state index contributed by atoms with van der Waals surface area (Å²) >= 11 is 1.54. The number of thioether (sulfide) groups is 1. The fourth-order valence-corrected chi connectivity index (χ4v) is 5.68. The fraction of sp³-hybridized carbons (Fsp3) is 0.118. The van der Waals surface area contributed by atoms with Crippen LogP contribution in [0.15, 0.2) is 114 Å². The van der Waals surface area contributed by atoms with Gasteiger partial charge in [-0.2, -0.15) is 11.8 Å². The summed E-state index contributed by atoms with van der Waals surface area (Å²) < 4.78 is 0. The number of aromatic amines is 1. The van der Waals surface area contributed by atoms with Gasteiger partial charge in [0, 0.05) is 40.6 Å². The largest absolute Gasteiger partial charge is 0.477 e. The normalized spacial score (nSPS) is 11.6. The number of carboxylic acids is 1. The van der Waals surface area contributed by atoms with Gasteiger partial charge in [0.05, 0.1) is 6.04 Å². The molecular formula is C34H28N2O5S. The second kappa shape index (κ2) is 13.1. The lowest BCUT2D eigenvalue weighted by Gasteiger charge is -2.18. The highest BCUT2D eigenvalue weighted by atomic mass is 32.2. The van der Waals surface area contributed by atoms with Crippen LogP contribution in [0.25, 0.3) is 22.0 Å². The number of pyridine rings is 1. The third-order valence-electron chi connectivity index (χ3n) is 6.90. The van der Waals surface area contributed by atoms with Crippen LogP contribution >= 0.6 is 11.8 Å². The summed E-state index contributed by atoms with van der Waals surface area (Å²) in [5.74, 6) is -0.854. The smallest absolute Gasteiger partial charge is 0.341 e. The van der Waals surface area contributed by atoms with Crippen LogP contribution in [0.4, 0.5) is 0 Å². The molecule has 210 valence electrons. The van der Waals surface area contributed by atoms with E-state index >= 15 is 0 Å².